The molecule has 1 saturated heterocycles. The van der Waals surface area contributed by atoms with Crippen LogP contribution in [-0.2, 0) is 10.0 Å². The fourth-order valence-corrected chi connectivity index (χ4v) is 5.61. The van der Waals surface area contributed by atoms with Gasteiger partial charge in [-0.25, -0.2) is 8.42 Å². The Kier molecular flexibility index (Phi) is 6.98. The zero-order valence-corrected chi connectivity index (χ0v) is 19.2. The maximum Gasteiger partial charge on any atom is 0.251 e. The van der Waals surface area contributed by atoms with Crippen LogP contribution in [0.25, 0.3) is 0 Å². The largest absolute Gasteiger partial charge is 0.346 e. The van der Waals surface area contributed by atoms with Crippen LogP contribution in [0, 0.1) is 20.8 Å². The smallest absolute Gasteiger partial charge is 0.251 e. The van der Waals surface area contributed by atoms with Gasteiger partial charge in [0.25, 0.3) is 5.91 Å². The van der Waals surface area contributed by atoms with Gasteiger partial charge in [-0.3, -0.25) is 4.79 Å². The minimum Gasteiger partial charge on any atom is -0.346 e. The van der Waals surface area contributed by atoms with Gasteiger partial charge in [-0.2, -0.15) is 4.31 Å². The maximum absolute atomic E-state index is 13.2. The monoisotopic (exact) mass is 428 g/mol. The summed E-state index contributed by atoms with van der Waals surface area (Å²) < 4.78 is 28.1. The summed E-state index contributed by atoms with van der Waals surface area (Å²) in [6, 6.07) is 10.9. The summed E-state index contributed by atoms with van der Waals surface area (Å²) in [7, 11) is -3.61. The van der Waals surface area contributed by atoms with Crippen LogP contribution in [0.15, 0.2) is 41.3 Å². The SMILES string of the molecule is Cc1ccc([C@@H](C)NC(=O)c2ccc(C)c(S(=O)(=O)N3CCCCCC3)c2)cc1C. The molecule has 1 amide bonds. The van der Waals surface area contributed by atoms with Crippen LogP contribution in [0.2, 0.25) is 0 Å². The fourth-order valence-electron chi connectivity index (χ4n) is 3.84. The van der Waals surface area contributed by atoms with E-state index in [0.717, 1.165) is 31.2 Å². The summed E-state index contributed by atoms with van der Waals surface area (Å²) in [5.74, 6) is -0.270. The lowest BCUT2D eigenvalue weighted by molar-refractivity contribution is 0.0939. The van der Waals surface area contributed by atoms with Crippen LogP contribution in [0.4, 0.5) is 0 Å². The van der Waals surface area contributed by atoms with Gasteiger partial charge in [0.2, 0.25) is 10.0 Å². The minimum atomic E-state index is -3.61. The number of amides is 1. The molecule has 0 unspecified atom stereocenters. The Labute approximate surface area is 180 Å². The second kappa shape index (κ2) is 9.31. The van der Waals surface area contributed by atoms with E-state index in [1.807, 2.05) is 26.0 Å². The predicted octanol–water partition coefficient (Wildman–Crippen LogP) is 4.67. The number of hydrogen-bond donors (Lipinski definition) is 1. The topological polar surface area (TPSA) is 66.5 Å². The van der Waals surface area contributed by atoms with Crippen LogP contribution in [0.5, 0.6) is 0 Å². The number of nitrogens with zero attached hydrogens (tertiary/aromatic N) is 1. The number of hydrogen-bond acceptors (Lipinski definition) is 3. The van der Waals surface area contributed by atoms with E-state index >= 15 is 0 Å². The molecule has 2 aromatic rings. The molecule has 6 heteroatoms. The quantitative estimate of drug-likeness (QED) is 0.753. The Balaban J connectivity index is 1.83. The molecule has 0 spiro atoms. The van der Waals surface area contributed by atoms with Crippen LogP contribution in [0.3, 0.4) is 0 Å². The van der Waals surface area contributed by atoms with Gasteiger partial charge in [0.05, 0.1) is 10.9 Å². The molecule has 2 aromatic carbocycles. The van der Waals surface area contributed by atoms with Gasteiger partial charge in [-0.05, 0) is 74.9 Å². The normalized spacial score (nSPS) is 16.7. The van der Waals surface area contributed by atoms with Gasteiger partial charge in [-0.15, -0.1) is 0 Å². The molecule has 0 saturated carbocycles. The molecule has 1 aliphatic heterocycles. The fraction of sp³-hybridized carbons (Fsp3) is 0.458. The van der Waals surface area contributed by atoms with Crippen molar-refractivity contribution in [3.63, 3.8) is 0 Å². The highest BCUT2D eigenvalue weighted by Gasteiger charge is 2.27. The number of carbonyl (C=O) groups excluding carboxylic acids is 1. The second-order valence-electron chi connectivity index (χ2n) is 8.34. The van der Waals surface area contributed by atoms with E-state index in [1.165, 1.54) is 17.2 Å². The lowest BCUT2D eigenvalue weighted by Crippen LogP contribution is -2.33. The number of rotatable bonds is 5. The Morgan fingerprint density at radius 1 is 0.900 bits per heavy atom. The summed E-state index contributed by atoms with van der Waals surface area (Å²) >= 11 is 0. The van der Waals surface area contributed by atoms with E-state index in [4.69, 9.17) is 0 Å². The van der Waals surface area contributed by atoms with Crippen molar-refractivity contribution in [2.45, 2.75) is 64.3 Å². The Hall–Kier alpha value is -2.18. The molecule has 162 valence electrons. The molecule has 1 fully saturated rings. The summed E-state index contributed by atoms with van der Waals surface area (Å²) in [4.78, 5) is 13.1. The van der Waals surface area contributed by atoms with Gasteiger partial charge >= 0.3 is 0 Å². The van der Waals surface area contributed by atoms with Crippen molar-refractivity contribution >= 4 is 15.9 Å². The van der Waals surface area contributed by atoms with Crippen LogP contribution in [0.1, 0.15) is 71.3 Å². The summed E-state index contributed by atoms with van der Waals surface area (Å²) in [6.45, 7) is 8.91. The highest BCUT2D eigenvalue weighted by Crippen LogP contribution is 2.25. The molecule has 0 radical (unpaired) electrons. The lowest BCUT2D eigenvalue weighted by atomic mass is 10.0. The van der Waals surface area contributed by atoms with Gasteiger partial charge in [0, 0.05) is 18.7 Å². The van der Waals surface area contributed by atoms with E-state index in [2.05, 4.69) is 18.3 Å². The Bertz CT molecular complexity index is 1020. The van der Waals surface area contributed by atoms with E-state index in [1.54, 1.807) is 23.4 Å². The minimum absolute atomic E-state index is 0.177. The Morgan fingerprint density at radius 2 is 1.53 bits per heavy atom. The molecular formula is C24H32N2O3S. The third kappa shape index (κ3) is 4.93. The van der Waals surface area contributed by atoms with Gasteiger partial charge < -0.3 is 5.32 Å². The first-order chi connectivity index (χ1) is 14.2. The number of aryl methyl sites for hydroxylation is 3. The second-order valence-corrected chi connectivity index (χ2v) is 10.2. The van der Waals surface area contributed by atoms with E-state index in [0.29, 0.717) is 24.2 Å². The predicted molar refractivity (Wildman–Crippen MR) is 120 cm³/mol. The summed E-state index contributed by atoms with van der Waals surface area (Å²) in [6.07, 6.45) is 3.88. The van der Waals surface area contributed by atoms with Crippen molar-refractivity contribution < 1.29 is 13.2 Å². The highest BCUT2D eigenvalue weighted by molar-refractivity contribution is 7.89. The first kappa shape index (κ1) is 22.5. The molecule has 1 atom stereocenters. The number of carbonyl (C=O) groups is 1. The molecule has 30 heavy (non-hydrogen) atoms. The van der Waals surface area contributed by atoms with E-state index in [9.17, 15) is 13.2 Å². The van der Waals surface area contributed by atoms with Crippen LogP contribution >= 0.6 is 0 Å². The summed E-state index contributed by atoms with van der Waals surface area (Å²) in [5.41, 5.74) is 4.44. The van der Waals surface area contributed by atoms with Crippen molar-refractivity contribution in [3.8, 4) is 0 Å². The first-order valence-electron chi connectivity index (χ1n) is 10.7. The zero-order valence-electron chi connectivity index (χ0n) is 18.4. The lowest BCUT2D eigenvalue weighted by Gasteiger charge is -2.22. The van der Waals surface area contributed by atoms with Crippen LogP contribution < -0.4 is 5.32 Å². The van der Waals surface area contributed by atoms with Gasteiger partial charge in [-0.1, -0.05) is 37.1 Å². The van der Waals surface area contributed by atoms with E-state index in [-0.39, 0.29) is 16.8 Å². The van der Waals surface area contributed by atoms with E-state index < -0.39 is 10.0 Å². The van der Waals surface area contributed by atoms with Gasteiger partial charge in [0.1, 0.15) is 0 Å². The molecule has 3 rings (SSSR count). The zero-order chi connectivity index (χ0) is 21.9. The standard InChI is InChI=1S/C24H32N2O3S/c1-17-9-11-21(15-19(17)3)20(4)25-24(27)22-12-10-18(2)23(16-22)30(28,29)26-13-7-5-6-8-14-26/h9-12,15-16,20H,5-8,13-14H2,1-4H3,(H,25,27)/t20-/m1/s1. The van der Waals surface area contributed by atoms with Crippen molar-refractivity contribution in [1.82, 2.24) is 9.62 Å². The molecular weight excluding hydrogens is 396 g/mol. The summed E-state index contributed by atoms with van der Waals surface area (Å²) in [5, 5.41) is 3.00. The maximum atomic E-state index is 13.2. The third-order valence-electron chi connectivity index (χ3n) is 6.01. The molecule has 0 bridgehead atoms. The van der Waals surface area contributed by atoms with Crippen molar-refractivity contribution in [3.05, 3.63) is 64.2 Å². The molecule has 1 heterocycles. The molecule has 1 N–H and O–H groups in total. The van der Waals surface area contributed by atoms with Crippen LogP contribution in [-0.4, -0.2) is 31.7 Å². The first-order valence-corrected chi connectivity index (χ1v) is 12.1. The third-order valence-corrected chi connectivity index (χ3v) is 8.05. The molecule has 1 aliphatic rings. The number of benzene rings is 2. The molecule has 5 nitrogen and oxygen atoms in total. The highest BCUT2D eigenvalue weighted by atomic mass is 32.2. The van der Waals surface area contributed by atoms with Crippen molar-refractivity contribution in [2.75, 3.05) is 13.1 Å². The van der Waals surface area contributed by atoms with Gasteiger partial charge in [0.15, 0.2) is 0 Å². The number of sulfonamides is 1. The van der Waals surface area contributed by atoms with Crippen molar-refractivity contribution in [1.29, 1.82) is 0 Å². The number of nitrogens with one attached hydrogen (secondary N) is 1. The molecule has 0 aromatic heterocycles. The average molecular weight is 429 g/mol. The Morgan fingerprint density at radius 3 is 2.17 bits per heavy atom. The molecule has 0 aliphatic carbocycles. The van der Waals surface area contributed by atoms with Crippen molar-refractivity contribution in [2.24, 2.45) is 0 Å². The average Bonchev–Trinajstić information content (AvgIpc) is 3.00.